The highest BCUT2D eigenvalue weighted by atomic mass is 32.2. The van der Waals surface area contributed by atoms with Crippen LogP contribution in [0.5, 0.6) is 0 Å². The zero-order chi connectivity index (χ0) is 14.0. The Hall–Kier alpha value is -1.00. The summed E-state index contributed by atoms with van der Waals surface area (Å²) in [4.78, 5) is 7.04. The molecule has 1 aliphatic carbocycles. The van der Waals surface area contributed by atoms with Gasteiger partial charge in [-0.3, -0.25) is 4.99 Å². The van der Waals surface area contributed by atoms with E-state index in [1.54, 1.807) is 0 Å². The van der Waals surface area contributed by atoms with Gasteiger partial charge in [0.2, 0.25) is 0 Å². The molecular weight excluding hydrogens is 266 g/mol. The van der Waals surface area contributed by atoms with Crippen LogP contribution in [0.3, 0.4) is 0 Å². The van der Waals surface area contributed by atoms with Gasteiger partial charge in [0.1, 0.15) is 0 Å². The van der Waals surface area contributed by atoms with Crippen molar-refractivity contribution < 1.29 is 0 Å². The molecule has 20 heavy (non-hydrogen) atoms. The van der Waals surface area contributed by atoms with Gasteiger partial charge in [-0.2, -0.15) is 0 Å². The molecule has 3 nitrogen and oxygen atoms in total. The Morgan fingerprint density at radius 3 is 2.65 bits per heavy atom. The highest BCUT2D eigenvalue weighted by Gasteiger charge is 2.39. The molecule has 1 aromatic carbocycles. The molecule has 0 spiro atoms. The maximum absolute atomic E-state index is 4.66. The summed E-state index contributed by atoms with van der Waals surface area (Å²) in [6, 6.07) is 10.7. The summed E-state index contributed by atoms with van der Waals surface area (Å²) in [5.74, 6) is 0. The van der Waals surface area contributed by atoms with Crippen molar-refractivity contribution in [2.45, 2.75) is 30.1 Å². The SMILES string of the molecule is CN(C)C1(CNC2=NCC(c3ccccc3)S2)CCC1. The van der Waals surface area contributed by atoms with Crippen LogP contribution in [-0.2, 0) is 0 Å². The van der Waals surface area contributed by atoms with Gasteiger partial charge in [0, 0.05) is 12.1 Å². The van der Waals surface area contributed by atoms with Crippen LogP contribution in [0.4, 0.5) is 0 Å². The van der Waals surface area contributed by atoms with Gasteiger partial charge in [-0.15, -0.1) is 0 Å². The summed E-state index contributed by atoms with van der Waals surface area (Å²) in [5, 5.41) is 5.18. The molecular formula is C16H23N3S. The Kier molecular flexibility index (Phi) is 4.03. The number of likely N-dealkylation sites (N-methyl/N-ethyl adjacent to an activating group) is 1. The van der Waals surface area contributed by atoms with Crippen LogP contribution in [0.1, 0.15) is 30.1 Å². The van der Waals surface area contributed by atoms with Crippen molar-refractivity contribution in [1.82, 2.24) is 10.2 Å². The fourth-order valence-electron chi connectivity index (χ4n) is 2.92. The fourth-order valence-corrected chi connectivity index (χ4v) is 3.94. The zero-order valence-corrected chi connectivity index (χ0v) is 13.1. The van der Waals surface area contributed by atoms with E-state index in [1.807, 2.05) is 11.8 Å². The Morgan fingerprint density at radius 1 is 1.30 bits per heavy atom. The van der Waals surface area contributed by atoms with Gasteiger partial charge in [-0.05, 0) is 38.9 Å². The van der Waals surface area contributed by atoms with Gasteiger partial charge in [0.15, 0.2) is 5.17 Å². The van der Waals surface area contributed by atoms with E-state index in [2.05, 4.69) is 59.6 Å². The number of hydrogen-bond acceptors (Lipinski definition) is 4. The molecule has 1 fully saturated rings. The van der Waals surface area contributed by atoms with Crippen LogP contribution < -0.4 is 5.32 Å². The number of nitrogens with zero attached hydrogens (tertiary/aromatic N) is 2. The van der Waals surface area contributed by atoms with Crippen LogP contribution in [-0.4, -0.2) is 42.8 Å². The standard InChI is InChI=1S/C16H23N3S/c1-19(2)16(9-6-10-16)12-18-15-17-11-14(20-15)13-7-4-3-5-8-13/h3-5,7-8,14H,6,9-12H2,1-2H3,(H,17,18). The first-order valence-electron chi connectivity index (χ1n) is 7.37. The highest BCUT2D eigenvalue weighted by Crippen LogP contribution is 2.37. The molecule has 1 saturated carbocycles. The molecule has 1 unspecified atom stereocenters. The molecule has 3 rings (SSSR count). The number of hydrogen-bond donors (Lipinski definition) is 1. The van der Waals surface area contributed by atoms with Crippen molar-refractivity contribution in [2.75, 3.05) is 27.2 Å². The predicted octanol–water partition coefficient (Wildman–Crippen LogP) is 2.90. The Bertz CT molecular complexity index is 480. The van der Waals surface area contributed by atoms with Crippen molar-refractivity contribution in [3.63, 3.8) is 0 Å². The van der Waals surface area contributed by atoms with Crippen molar-refractivity contribution in [1.29, 1.82) is 0 Å². The summed E-state index contributed by atoms with van der Waals surface area (Å²) in [6.07, 6.45) is 3.95. The minimum absolute atomic E-state index is 0.355. The molecule has 0 bridgehead atoms. The molecule has 1 heterocycles. The Balaban J connectivity index is 1.53. The average Bonchev–Trinajstić information content (AvgIpc) is 2.87. The maximum Gasteiger partial charge on any atom is 0.157 e. The second-order valence-electron chi connectivity index (χ2n) is 5.99. The molecule has 0 radical (unpaired) electrons. The highest BCUT2D eigenvalue weighted by molar-refractivity contribution is 8.14. The lowest BCUT2D eigenvalue weighted by Crippen LogP contribution is -2.56. The monoisotopic (exact) mass is 289 g/mol. The minimum Gasteiger partial charge on any atom is -0.363 e. The van der Waals surface area contributed by atoms with Gasteiger partial charge in [0.05, 0.1) is 11.8 Å². The largest absolute Gasteiger partial charge is 0.363 e. The van der Waals surface area contributed by atoms with Crippen molar-refractivity contribution in [3.05, 3.63) is 35.9 Å². The first kappa shape index (κ1) is 14.0. The van der Waals surface area contributed by atoms with Gasteiger partial charge in [0.25, 0.3) is 0 Å². The van der Waals surface area contributed by atoms with E-state index in [1.165, 1.54) is 24.8 Å². The Morgan fingerprint density at radius 2 is 2.05 bits per heavy atom. The molecule has 0 amide bonds. The van der Waals surface area contributed by atoms with E-state index in [4.69, 9.17) is 0 Å². The number of rotatable bonds is 4. The van der Waals surface area contributed by atoms with E-state index in [-0.39, 0.29) is 0 Å². The lowest BCUT2D eigenvalue weighted by molar-refractivity contribution is 0.0651. The van der Waals surface area contributed by atoms with E-state index < -0.39 is 0 Å². The smallest absolute Gasteiger partial charge is 0.157 e. The van der Waals surface area contributed by atoms with Crippen molar-refractivity contribution in [3.8, 4) is 0 Å². The summed E-state index contributed by atoms with van der Waals surface area (Å²) in [7, 11) is 4.38. The van der Waals surface area contributed by atoms with E-state index in [0.29, 0.717) is 10.8 Å². The molecule has 2 aliphatic rings. The number of nitrogens with one attached hydrogen (secondary N) is 1. The maximum atomic E-state index is 4.66. The molecule has 4 heteroatoms. The molecule has 0 saturated heterocycles. The van der Waals surface area contributed by atoms with Crippen LogP contribution in [0.2, 0.25) is 0 Å². The number of aliphatic imine (C=N–C) groups is 1. The summed E-state index contributed by atoms with van der Waals surface area (Å²) in [6.45, 7) is 1.92. The van der Waals surface area contributed by atoms with Gasteiger partial charge in [-0.25, -0.2) is 0 Å². The van der Waals surface area contributed by atoms with Gasteiger partial charge >= 0.3 is 0 Å². The zero-order valence-electron chi connectivity index (χ0n) is 12.3. The molecule has 1 aliphatic heterocycles. The molecule has 1 aromatic rings. The van der Waals surface area contributed by atoms with Crippen LogP contribution in [0.15, 0.2) is 35.3 Å². The lowest BCUT2D eigenvalue weighted by Gasteiger charge is -2.47. The van der Waals surface area contributed by atoms with E-state index in [0.717, 1.165) is 18.3 Å². The van der Waals surface area contributed by atoms with Crippen LogP contribution in [0.25, 0.3) is 0 Å². The quantitative estimate of drug-likeness (QED) is 0.923. The summed E-state index contributed by atoms with van der Waals surface area (Å²) in [5.41, 5.74) is 1.73. The first-order chi connectivity index (χ1) is 9.70. The number of thioether (sulfide) groups is 1. The van der Waals surface area contributed by atoms with Crippen LogP contribution in [0, 0.1) is 0 Å². The van der Waals surface area contributed by atoms with Crippen LogP contribution >= 0.6 is 11.8 Å². The van der Waals surface area contributed by atoms with Gasteiger partial charge in [-0.1, -0.05) is 42.1 Å². The third-order valence-corrected chi connectivity index (χ3v) is 5.83. The molecule has 0 aromatic heterocycles. The number of benzene rings is 1. The molecule has 1 atom stereocenters. The summed E-state index contributed by atoms with van der Waals surface area (Å²) < 4.78 is 0. The van der Waals surface area contributed by atoms with Gasteiger partial charge < -0.3 is 10.2 Å². The normalized spacial score (nSPS) is 24.4. The third-order valence-electron chi connectivity index (χ3n) is 4.63. The number of amidine groups is 1. The molecule has 1 N–H and O–H groups in total. The topological polar surface area (TPSA) is 27.6 Å². The molecule has 108 valence electrons. The minimum atomic E-state index is 0.355. The van der Waals surface area contributed by atoms with E-state index in [9.17, 15) is 0 Å². The second kappa shape index (κ2) is 5.78. The predicted molar refractivity (Wildman–Crippen MR) is 87.3 cm³/mol. The third kappa shape index (κ3) is 2.72. The average molecular weight is 289 g/mol. The van der Waals surface area contributed by atoms with E-state index >= 15 is 0 Å². The lowest BCUT2D eigenvalue weighted by atomic mass is 9.76. The fraction of sp³-hybridized carbons (Fsp3) is 0.562. The van der Waals surface area contributed by atoms with Crippen molar-refractivity contribution >= 4 is 16.9 Å². The Labute approximate surface area is 125 Å². The summed E-state index contributed by atoms with van der Waals surface area (Å²) >= 11 is 1.87. The van der Waals surface area contributed by atoms with Crippen molar-refractivity contribution in [2.24, 2.45) is 4.99 Å². The first-order valence-corrected chi connectivity index (χ1v) is 8.25. The second-order valence-corrected chi connectivity index (χ2v) is 7.18.